The zero-order chi connectivity index (χ0) is 13.1. The number of nitrogens with zero attached hydrogens (tertiary/aromatic N) is 1. The third-order valence-corrected chi connectivity index (χ3v) is 3.17. The predicted molar refractivity (Wildman–Crippen MR) is 63.7 cm³/mol. The van der Waals surface area contributed by atoms with E-state index in [1.54, 1.807) is 0 Å². The number of hydrogen-bond acceptors (Lipinski definition) is 5. The molecule has 1 N–H and O–H groups in total. The SMILES string of the molecule is COC(=O)C(C)(C)CN1CC(CO)OCC1C. The maximum Gasteiger partial charge on any atom is 0.312 e. The molecule has 1 heterocycles. The Morgan fingerprint density at radius 2 is 2.24 bits per heavy atom. The van der Waals surface area contributed by atoms with E-state index in [9.17, 15) is 4.79 Å². The van der Waals surface area contributed by atoms with Gasteiger partial charge in [-0.1, -0.05) is 0 Å². The molecule has 5 heteroatoms. The lowest BCUT2D eigenvalue weighted by Gasteiger charge is -2.40. The predicted octanol–water partition coefficient (Wildman–Crippen LogP) is 0.267. The second-order valence-electron chi connectivity index (χ2n) is 5.29. The minimum Gasteiger partial charge on any atom is -0.469 e. The number of aliphatic hydroxyl groups excluding tert-OH is 1. The van der Waals surface area contributed by atoms with Crippen molar-refractivity contribution in [1.82, 2.24) is 4.90 Å². The molecule has 0 saturated carbocycles. The molecular formula is C12H23NO4. The third-order valence-electron chi connectivity index (χ3n) is 3.17. The van der Waals surface area contributed by atoms with Gasteiger partial charge in [-0.15, -0.1) is 0 Å². The topological polar surface area (TPSA) is 59.0 Å². The highest BCUT2D eigenvalue weighted by Crippen LogP contribution is 2.22. The van der Waals surface area contributed by atoms with Crippen LogP contribution in [0.5, 0.6) is 0 Å². The van der Waals surface area contributed by atoms with Gasteiger partial charge in [-0.3, -0.25) is 9.69 Å². The summed E-state index contributed by atoms with van der Waals surface area (Å²) < 4.78 is 10.3. The van der Waals surface area contributed by atoms with Crippen LogP contribution in [0, 0.1) is 5.41 Å². The van der Waals surface area contributed by atoms with E-state index in [0.29, 0.717) is 19.7 Å². The van der Waals surface area contributed by atoms with Crippen molar-refractivity contribution < 1.29 is 19.4 Å². The van der Waals surface area contributed by atoms with Gasteiger partial charge >= 0.3 is 5.97 Å². The molecule has 0 aromatic carbocycles. The molecule has 0 amide bonds. The first-order valence-corrected chi connectivity index (χ1v) is 5.95. The van der Waals surface area contributed by atoms with Gasteiger partial charge in [0.15, 0.2) is 0 Å². The summed E-state index contributed by atoms with van der Waals surface area (Å²) in [5.74, 6) is -0.211. The fourth-order valence-corrected chi connectivity index (χ4v) is 2.05. The highest BCUT2D eigenvalue weighted by Gasteiger charge is 2.35. The summed E-state index contributed by atoms with van der Waals surface area (Å²) >= 11 is 0. The number of methoxy groups -OCH3 is 1. The first kappa shape index (κ1) is 14.4. The summed E-state index contributed by atoms with van der Waals surface area (Å²) in [5.41, 5.74) is -0.541. The molecule has 0 radical (unpaired) electrons. The van der Waals surface area contributed by atoms with Crippen molar-refractivity contribution in [2.24, 2.45) is 5.41 Å². The molecule has 0 bridgehead atoms. The Hall–Kier alpha value is -0.650. The highest BCUT2D eigenvalue weighted by molar-refractivity contribution is 5.76. The molecule has 0 aromatic rings. The van der Waals surface area contributed by atoms with E-state index in [2.05, 4.69) is 11.8 Å². The van der Waals surface area contributed by atoms with E-state index in [0.717, 1.165) is 0 Å². The number of carbonyl (C=O) groups excluding carboxylic acids is 1. The Morgan fingerprint density at radius 1 is 1.59 bits per heavy atom. The molecule has 0 aliphatic carbocycles. The van der Waals surface area contributed by atoms with Gasteiger partial charge in [-0.25, -0.2) is 0 Å². The fourth-order valence-electron chi connectivity index (χ4n) is 2.05. The van der Waals surface area contributed by atoms with Crippen LogP contribution < -0.4 is 0 Å². The van der Waals surface area contributed by atoms with E-state index in [-0.39, 0.29) is 24.7 Å². The van der Waals surface area contributed by atoms with Crippen molar-refractivity contribution in [3.05, 3.63) is 0 Å². The lowest BCUT2D eigenvalue weighted by molar-refractivity contribution is -0.154. The minimum absolute atomic E-state index is 0.0157. The number of ether oxygens (including phenoxy) is 2. The van der Waals surface area contributed by atoms with Gasteiger partial charge < -0.3 is 14.6 Å². The summed E-state index contributed by atoms with van der Waals surface area (Å²) in [6.45, 7) is 7.66. The lowest BCUT2D eigenvalue weighted by atomic mass is 9.92. The summed E-state index contributed by atoms with van der Waals surface area (Å²) in [7, 11) is 1.41. The zero-order valence-electron chi connectivity index (χ0n) is 11.1. The summed E-state index contributed by atoms with van der Waals surface area (Å²) in [6, 6.07) is 0.252. The largest absolute Gasteiger partial charge is 0.469 e. The second-order valence-corrected chi connectivity index (χ2v) is 5.29. The monoisotopic (exact) mass is 245 g/mol. The normalized spacial score (nSPS) is 26.9. The molecule has 2 unspecified atom stereocenters. The molecule has 1 aliphatic heterocycles. The Labute approximate surface area is 103 Å². The van der Waals surface area contributed by atoms with Crippen LogP contribution in [0.2, 0.25) is 0 Å². The van der Waals surface area contributed by atoms with Crippen LogP contribution in [0.25, 0.3) is 0 Å². The number of carbonyl (C=O) groups is 1. The number of hydrogen-bond donors (Lipinski definition) is 1. The van der Waals surface area contributed by atoms with Crippen LogP contribution in [-0.4, -0.2) is 61.5 Å². The molecule has 1 rings (SSSR count). The van der Waals surface area contributed by atoms with Gasteiger partial charge in [0.1, 0.15) is 0 Å². The minimum atomic E-state index is -0.541. The lowest BCUT2D eigenvalue weighted by Crippen LogP contribution is -2.53. The molecule has 0 aromatic heterocycles. The van der Waals surface area contributed by atoms with Crippen molar-refractivity contribution in [1.29, 1.82) is 0 Å². The smallest absolute Gasteiger partial charge is 0.312 e. The zero-order valence-corrected chi connectivity index (χ0v) is 11.1. The molecular weight excluding hydrogens is 222 g/mol. The van der Waals surface area contributed by atoms with Crippen LogP contribution in [0.3, 0.4) is 0 Å². The van der Waals surface area contributed by atoms with E-state index in [1.165, 1.54) is 7.11 Å². The number of esters is 1. The molecule has 1 saturated heterocycles. The number of rotatable bonds is 4. The average molecular weight is 245 g/mol. The van der Waals surface area contributed by atoms with Gasteiger partial charge in [0.2, 0.25) is 0 Å². The first-order valence-electron chi connectivity index (χ1n) is 5.95. The first-order chi connectivity index (χ1) is 7.90. The van der Waals surface area contributed by atoms with Gasteiger partial charge in [0, 0.05) is 19.1 Å². The van der Waals surface area contributed by atoms with Crippen LogP contribution in [0.1, 0.15) is 20.8 Å². The molecule has 17 heavy (non-hydrogen) atoms. The van der Waals surface area contributed by atoms with Gasteiger partial charge in [-0.2, -0.15) is 0 Å². The molecule has 5 nitrogen and oxygen atoms in total. The van der Waals surface area contributed by atoms with Crippen LogP contribution in [0.4, 0.5) is 0 Å². The average Bonchev–Trinajstić information content (AvgIpc) is 2.30. The third kappa shape index (κ3) is 3.66. The van der Waals surface area contributed by atoms with Crippen molar-refractivity contribution in [2.45, 2.75) is 32.9 Å². The van der Waals surface area contributed by atoms with Crippen LogP contribution in [-0.2, 0) is 14.3 Å². The van der Waals surface area contributed by atoms with E-state index < -0.39 is 5.41 Å². The fraction of sp³-hybridized carbons (Fsp3) is 0.917. The quantitative estimate of drug-likeness (QED) is 0.720. The Bertz CT molecular complexity index is 267. The van der Waals surface area contributed by atoms with Crippen LogP contribution in [0.15, 0.2) is 0 Å². The molecule has 1 fully saturated rings. The molecule has 100 valence electrons. The van der Waals surface area contributed by atoms with Crippen molar-refractivity contribution in [3.63, 3.8) is 0 Å². The number of aliphatic hydroxyl groups is 1. The van der Waals surface area contributed by atoms with Gasteiger partial charge in [-0.05, 0) is 20.8 Å². The standard InChI is InChI=1S/C12H23NO4/c1-9-7-17-10(6-14)5-13(9)8-12(2,3)11(15)16-4/h9-10,14H,5-8H2,1-4H3. The van der Waals surface area contributed by atoms with Crippen LogP contribution >= 0.6 is 0 Å². The van der Waals surface area contributed by atoms with Crippen molar-refractivity contribution in [3.8, 4) is 0 Å². The Balaban J connectivity index is 2.62. The van der Waals surface area contributed by atoms with E-state index >= 15 is 0 Å². The van der Waals surface area contributed by atoms with Gasteiger partial charge in [0.25, 0.3) is 0 Å². The summed E-state index contributed by atoms with van der Waals surface area (Å²) in [4.78, 5) is 13.8. The molecule has 1 aliphatic rings. The number of morpholine rings is 1. The van der Waals surface area contributed by atoms with E-state index in [1.807, 2.05) is 13.8 Å². The van der Waals surface area contributed by atoms with Crippen molar-refractivity contribution >= 4 is 5.97 Å². The maximum atomic E-state index is 11.6. The maximum absolute atomic E-state index is 11.6. The highest BCUT2D eigenvalue weighted by atomic mass is 16.5. The van der Waals surface area contributed by atoms with E-state index in [4.69, 9.17) is 14.6 Å². The summed E-state index contributed by atoms with van der Waals surface area (Å²) in [5, 5.41) is 9.11. The molecule has 2 atom stereocenters. The summed E-state index contributed by atoms with van der Waals surface area (Å²) in [6.07, 6.45) is -0.153. The molecule has 0 spiro atoms. The Morgan fingerprint density at radius 3 is 2.76 bits per heavy atom. The van der Waals surface area contributed by atoms with Crippen molar-refractivity contribution in [2.75, 3.05) is 33.4 Å². The van der Waals surface area contributed by atoms with Gasteiger partial charge in [0.05, 0.1) is 31.8 Å². The Kier molecular flexibility index (Phi) is 4.91. The second kappa shape index (κ2) is 5.80.